The van der Waals surface area contributed by atoms with Gasteiger partial charge in [-0.25, -0.2) is 4.39 Å². The third-order valence-corrected chi connectivity index (χ3v) is 6.06. The molecule has 3 aromatic rings. The fourth-order valence-electron chi connectivity index (χ4n) is 2.23. The number of rotatable bonds is 4. The summed E-state index contributed by atoms with van der Waals surface area (Å²) in [5.41, 5.74) is 1.24. The average Bonchev–Trinajstić information content (AvgIpc) is 3.01. The first-order valence-corrected chi connectivity index (χ1v) is 8.88. The Hall–Kier alpha value is -0.750. The highest BCUT2D eigenvalue weighted by atomic mass is 79.9. The van der Waals surface area contributed by atoms with Crippen molar-refractivity contribution in [1.82, 2.24) is 5.32 Å². The second-order valence-electron chi connectivity index (χ2n) is 4.50. The molecule has 0 radical (unpaired) electrons. The number of hydrogen-bond donors (Lipinski definition) is 1. The van der Waals surface area contributed by atoms with Crippen LogP contribution in [0.2, 0.25) is 0 Å². The molecule has 2 heterocycles. The van der Waals surface area contributed by atoms with Crippen molar-refractivity contribution in [3.05, 3.63) is 55.8 Å². The van der Waals surface area contributed by atoms with Gasteiger partial charge in [0, 0.05) is 19.4 Å². The predicted octanol–water partition coefficient (Wildman–Crippen LogP) is 5.56. The molecule has 3 rings (SSSR count). The molecule has 0 aliphatic heterocycles. The molecule has 0 aliphatic carbocycles. The minimum Gasteiger partial charge on any atom is -0.306 e. The van der Waals surface area contributed by atoms with Gasteiger partial charge in [-0.2, -0.15) is 11.3 Å². The van der Waals surface area contributed by atoms with E-state index < -0.39 is 0 Å². The molecule has 0 bridgehead atoms. The minimum atomic E-state index is -0.178. The smallest absolute Gasteiger partial charge is 0.124 e. The maximum Gasteiger partial charge on any atom is 0.124 e. The number of halogens is 2. The highest BCUT2D eigenvalue weighted by Gasteiger charge is 2.19. The lowest BCUT2D eigenvalue weighted by Crippen LogP contribution is -2.20. The molecule has 0 aliphatic rings. The van der Waals surface area contributed by atoms with Crippen LogP contribution in [0.15, 0.2) is 39.5 Å². The fraction of sp³-hybridized carbons (Fsp3) is 0.200. The van der Waals surface area contributed by atoms with Gasteiger partial charge in [-0.1, -0.05) is 13.0 Å². The number of fused-ring (bicyclic) bond motifs is 1. The maximum absolute atomic E-state index is 13.3. The number of hydrogen-bond acceptors (Lipinski definition) is 3. The van der Waals surface area contributed by atoms with Gasteiger partial charge >= 0.3 is 0 Å². The largest absolute Gasteiger partial charge is 0.306 e. The lowest BCUT2D eigenvalue weighted by Gasteiger charge is -2.15. The van der Waals surface area contributed by atoms with Gasteiger partial charge in [0.25, 0.3) is 0 Å². The molecule has 1 aromatic carbocycles. The van der Waals surface area contributed by atoms with Crippen LogP contribution in [0.3, 0.4) is 0 Å². The van der Waals surface area contributed by atoms with Crippen LogP contribution in [0.1, 0.15) is 23.4 Å². The molecule has 0 amide bonds. The predicted molar refractivity (Wildman–Crippen MR) is 89.3 cm³/mol. The van der Waals surface area contributed by atoms with Crippen LogP contribution in [-0.4, -0.2) is 6.54 Å². The Balaban J connectivity index is 2.07. The molecular weight excluding hydrogens is 357 g/mol. The number of thiophene rings is 2. The van der Waals surface area contributed by atoms with Gasteiger partial charge < -0.3 is 5.32 Å². The molecule has 0 saturated heterocycles. The Kier molecular flexibility index (Phi) is 4.21. The molecule has 1 nitrogen and oxygen atoms in total. The third-order valence-electron chi connectivity index (χ3n) is 3.15. The molecule has 1 N–H and O–H groups in total. The first-order chi connectivity index (χ1) is 9.69. The molecule has 0 spiro atoms. The van der Waals surface area contributed by atoms with Crippen molar-refractivity contribution >= 4 is 48.7 Å². The molecule has 0 saturated carbocycles. The van der Waals surface area contributed by atoms with E-state index in [1.54, 1.807) is 28.7 Å². The molecule has 2 aromatic heterocycles. The zero-order valence-electron chi connectivity index (χ0n) is 10.8. The molecule has 0 fully saturated rings. The molecule has 104 valence electrons. The Labute approximate surface area is 133 Å². The van der Waals surface area contributed by atoms with Crippen molar-refractivity contribution in [2.75, 3.05) is 6.54 Å². The first-order valence-electron chi connectivity index (χ1n) is 6.33. The standard InChI is InChI=1S/C15H13BrFNS2/c1-2-18-15(11-7-19-8-12(11)16)14-5-9-3-4-10(17)6-13(9)20-14/h3-8,15,18H,2H2,1H3. The monoisotopic (exact) mass is 369 g/mol. The first kappa shape index (κ1) is 14.2. The zero-order chi connectivity index (χ0) is 14.1. The lowest BCUT2D eigenvalue weighted by atomic mass is 10.1. The highest BCUT2D eigenvalue weighted by molar-refractivity contribution is 9.10. The normalized spacial score (nSPS) is 12.9. The van der Waals surface area contributed by atoms with E-state index in [2.05, 4.69) is 45.0 Å². The van der Waals surface area contributed by atoms with E-state index in [1.165, 1.54) is 16.5 Å². The van der Waals surface area contributed by atoms with Gasteiger partial charge in [0.2, 0.25) is 0 Å². The topological polar surface area (TPSA) is 12.0 Å². The van der Waals surface area contributed by atoms with Crippen molar-refractivity contribution < 1.29 is 4.39 Å². The summed E-state index contributed by atoms with van der Waals surface area (Å²) < 4.78 is 15.4. The zero-order valence-corrected chi connectivity index (χ0v) is 14.0. The van der Waals surface area contributed by atoms with E-state index in [9.17, 15) is 4.39 Å². The second-order valence-corrected chi connectivity index (χ2v) is 7.21. The van der Waals surface area contributed by atoms with Gasteiger partial charge in [0.15, 0.2) is 0 Å². The Bertz CT molecular complexity index is 734. The molecule has 1 atom stereocenters. The van der Waals surface area contributed by atoms with Crippen LogP contribution in [0.25, 0.3) is 10.1 Å². The van der Waals surface area contributed by atoms with Crippen LogP contribution in [-0.2, 0) is 0 Å². The van der Waals surface area contributed by atoms with Gasteiger partial charge in [-0.15, -0.1) is 11.3 Å². The quantitative estimate of drug-likeness (QED) is 0.634. The van der Waals surface area contributed by atoms with Crippen molar-refractivity contribution in [3.8, 4) is 0 Å². The Morgan fingerprint density at radius 1 is 1.30 bits per heavy atom. The van der Waals surface area contributed by atoms with Crippen molar-refractivity contribution in [3.63, 3.8) is 0 Å². The summed E-state index contributed by atoms with van der Waals surface area (Å²) in [7, 11) is 0. The summed E-state index contributed by atoms with van der Waals surface area (Å²) in [6.07, 6.45) is 0. The number of benzene rings is 1. The van der Waals surface area contributed by atoms with E-state index in [-0.39, 0.29) is 11.9 Å². The van der Waals surface area contributed by atoms with Crippen molar-refractivity contribution in [2.24, 2.45) is 0 Å². The van der Waals surface area contributed by atoms with E-state index in [0.29, 0.717) is 0 Å². The average molecular weight is 370 g/mol. The van der Waals surface area contributed by atoms with Gasteiger partial charge in [0.1, 0.15) is 5.82 Å². The van der Waals surface area contributed by atoms with E-state index in [4.69, 9.17) is 0 Å². The SMILES string of the molecule is CCNC(c1cc2ccc(F)cc2s1)c1cscc1Br. The molecular formula is C15H13BrFNS2. The molecule has 20 heavy (non-hydrogen) atoms. The lowest BCUT2D eigenvalue weighted by molar-refractivity contribution is 0.630. The van der Waals surface area contributed by atoms with E-state index in [1.807, 2.05) is 6.07 Å². The Morgan fingerprint density at radius 2 is 2.15 bits per heavy atom. The summed E-state index contributed by atoms with van der Waals surface area (Å²) in [5, 5.41) is 8.85. The van der Waals surface area contributed by atoms with Gasteiger partial charge in [-0.05, 0) is 57.0 Å². The summed E-state index contributed by atoms with van der Waals surface area (Å²) in [6.45, 7) is 2.98. The highest BCUT2D eigenvalue weighted by Crippen LogP contribution is 2.37. The van der Waals surface area contributed by atoms with Gasteiger partial charge in [0.05, 0.1) is 6.04 Å². The Morgan fingerprint density at radius 3 is 2.85 bits per heavy atom. The number of nitrogens with one attached hydrogen (secondary N) is 1. The fourth-order valence-corrected chi connectivity index (χ4v) is 4.97. The van der Waals surface area contributed by atoms with Crippen LogP contribution >= 0.6 is 38.6 Å². The maximum atomic E-state index is 13.3. The van der Waals surface area contributed by atoms with E-state index >= 15 is 0 Å². The summed E-state index contributed by atoms with van der Waals surface area (Å²) in [6, 6.07) is 7.27. The molecule has 5 heteroatoms. The van der Waals surface area contributed by atoms with Crippen LogP contribution in [0.4, 0.5) is 4.39 Å². The third kappa shape index (κ3) is 2.68. The molecule has 1 unspecified atom stereocenters. The van der Waals surface area contributed by atoms with Crippen LogP contribution in [0, 0.1) is 5.82 Å². The summed E-state index contributed by atoms with van der Waals surface area (Å²) in [4.78, 5) is 1.21. The van der Waals surface area contributed by atoms with Gasteiger partial charge in [-0.3, -0.25) is 0 Å². The van der Waals surface area contributed by atoms with Crippen molar-refractivity contribution in [1.29, 1.82) is 0 Å². The van der Waals surface area contributed by atoms with Crippen molar-refractivity contribution in [2.45, 2.75) is 13.0 Å². The minimum absolute atomic E-state index is 0.154. The van der Waals surface area contributed by atoms with Crippen LogP contribution < -0.4 is 5.32 Å². The summed E-state index contributed by atoms with van der Waals surface area (Å²) >= 11 is 6.93. The van der Waals surface area contributed by atoms with Crippen LogP contribution in [0.5, 0.6) is 0 Å². The van der Waals surface area contributed by atoms with E-state index in [0.717, 1.165) is 21.1 Å². The summed E-state index contributed by atoms with van der Waals surface area (Å²) in [5.74, 6) is -0.178. The second kappa shape index (κ2) is 5.93.